The van der Waals surface area contributed by atoms with Crippen molar-refractivity contribution in [3.8, 4) is 11.8 Å². The topological polar surface area (TPSA) is 110 Å². The summed E-state index contributed by atoms with van der Waals surface area (Å²) in [4.78, 5) is 28.1. The predicted octanol–water partition coefficient (Wildman–Crippen LogP) is 1.58. The van der Waals surface area contributed by atoms with Crippen molar-refractivity contribution in [2.75, 3.05) is 18.5 Å². The molecule has 0 saturated heterocycles. The number of aromatic nitrogens is 1. The number of hydrogen-bond acceptors (Lipinski definition) is 6. The summed E-state index contributed by atoms with van der Waals surface area (Å²) in [5, 5.41) is 21.9. The zero-order valence-corrected chi connectivity index (χ0v) is 16.2. The van der Waals surface area contributed by atoms with Crippen molar-refractivity contribution < 1.29 is 29.4 Å². The molecule has 1 aromatic rings. The fourth-order valence-electron chi connectivity index (χ4n) is 1.93. The van der Waals surface area contributed by atoms with E-state index in [1.54, 1.807) is 6.92 Å². The van der Waals surface area contributed by atoms with E-state index in [0.717, 1.165) is 0 Å². The molecule has 8 nitrogen and oxygen atoms in total. The van der Waals surface area contributed by atoms with Crippen LogP contribution < -0.4 is 10.2 Å². The van der Waals surface area contributed by atoms with Crippen molar-refractivity contribution in [2.24, 2.45) is 5.92 Å². The van der Waals surface area contributed by atoms with E-state index in [0.29, 0.717) is 30.7 Å². The Balaban J connectivity index is 2.34. The maximum Gasteiger partial charge on any atom is 0.336 e. The van der Waals surface area contributed by atoms with Crippen LogP contribution in [0.25, 0.3) is 0 Å². The Labute approximate surface area is 155 Å². The van der Waals surface area contributed by atoms with Crippen LogP contribution in [-0.4, -0.2) is 50.9 Å². The molecule has 0 bridgehead atoms. The Morgan fingerprint density at radius 1 is 1.32 bits per heavy atom. The molecule has 25 heavy (non-hydrogen) atoms. The van der Waals surface area contributed by atoms with Gasteiger partial charge in [0.05, 0.1) is 16.8 Å². The number of rotatable bonds is 10. The lowest BCUT2D eigenvalue weighted by atomic mass is 10.0. The Morgan fingerprint density at radius 3 is 2.48 bits per heavy atom. The molecule has 0 fully saturated rings. The highest BCUT2D eigenvalue weighted by molar-refractivity contribution is 9.09. The highest BCUT2D eigenvalue weighted by Crippen LogP contribution is 2.20. The summed E-state index contributed by atoms with van der Waals surface area (Å²) >= 11 is 3.08. The molecule has 1 amide bonds. The van der Waals surface area contributed by atoms with Gasteiger partial charge in [0.15, 0.2) is 0 Å². The van der Waals surface area contributed by atoms with Gasteiger partial charge in [-0.05, 0) is 26.7 Å². The zero-order chi connectivity index (χ0) is 19.0. The van der Waals surface area contributed by atoms with Gasteiger partial charge in [-0.2, -0.15) is 0 Å². The smallest absolute Gasteiger partial charge is 0.336 e. The summed E-state index contributed by atoms with van der Waals surface area (Å²) in [5.74, 6) is -1.87. The Kier molecular flexibility index (Phi) is 8.24. The van der Waals surface area contributed by atoms with Crippen LogP contribution >= 0.6 is 15.9 Å². The number of ether oxygens (including phenoxy) is 1. The number of nitrogens with zero attached hydrogens (tertiary/aromatic N) is 1. The molecule has 0 saturated carbocycles. The van der Waals surface area contributed by atoms with Gasteiger partial charge in [0, 0.05) is 25.3 Å². The van der Waals surface area contributed by atoms with Gasteiger partial charge >= 0.3 is 5.97 Å². The van der Waals surface area contributed by atoms with Crippen LogP contribution in [0.2, 0.25) is 0 Å². The molecule has 0 aliphatic rings. The van der Waals surface area contributed by atoms with E-state index in [2.05, 4.69) is 21.2 Å². The van der Waals surface area contributed by atoms with Gasteiger partial charge in [-0.1, -0.05) is 22.9 Å². The highest BCUT2D eigenvalue weighted by atomic mass is 79.9. The Bertz CT molecular complexity index is 568. The monoisotopic (exact) mass is 420 g/mol. The third-order valence-electron chi connectivity index (χ3n) is 3.60. The molecule has 142 valence electrons. The summed E-state index contributed by atoms with van der Waals surface area (Å²) in [6, 6.07) is 2.43. The zero-order valence-electron chi connectivity index (χ0n) is 14.6. The van der Waals surface area contributed by atoms with Crippen molar-refractivity contribution in [3.05, 3.63) is 12.1 Å². The maximum absolute atomic E-state index is 12.0. The van der Waals surface area contributed by atoms with E-state index in [9.17, 15) is 19.8 Å². The van der Waals surface area contributed by atoms with Crippen LogP contribution in [0, 0.1) is 5.92 Å². The number of amides is 1. The first kappa shape index (κ1) is 21.3. The van der Waals surface area contributed by atoms with Gasteiger partial charge < -0.3 is 25.1 Å². The van der Waals surface area contributed by atoms with E-state index in [1.807, 2.05) is 13.8 Å². The van der Waals surface area contributed by atoms with Gasteiger partial charge in [0.2, 0.25) is 17.7 Å². The van der Waals surface area contributed by atoms with E-state index < -0.39 is 17.5 Å². The number of carbonyl (C=O) groups excluding carboxylic acids is 2. The number of halogens is 1. The number of nitrogens with one attached hydrogen (secondary N) is 1. The molecule has 0 radical (unpaired) electrons. The molecular weight excluding hydrogens is 396 g/mol. The molecule has 0 aromatic carbocycles. The van der Waals surface area contributed by atoms with Crippen LogP contribution in [0.5, 0.6) is 11.8 Å². The van der Waals surface area contributed by atoms with E-state index in [1.165, 1.54) is 12.1 Å². The third-order valence-corrected chi connectivity index (χ3v) is 4.10. The highest BCUT2D eigenvalue weighted by Gasteiger charge is 2.22. The lowest BCUT2D eigenvalue weighted by molar-refractivity contribution is -0.151. The largest absolute Gasteiger partial charge is 0.492 e. The first-order valence-electron chi connectivity index (χ1n) is 7.95. The number of hydrogen-bond donors (Lipinski definition) is 3. The Morgan fingerprint density at radius 2 is 1.92 bits per heavy atom. The van der Waals surface area contributed by atoms with Gasteiger partial charge in [0.1, 0.15) is 0 Å². The molecule has 1 heterocycles. The fourth-order valence-corrected chi connectivity index (χ4v) is 2.13. The minimum Gasteiger partial charge on any atom is -0.492 e. The average molecular weight is 421 g/mol. The lowest BCUT2D eigenvalue weighted by Crippen LogP contribution is -2.34. The maximum atomic E-state index is 12.0. The summed E-state index contributed by atoms with van der Waals surface area (Å²) in [6.45, 7) is 6.32. The molecule has 0 spiro atoms. The molecule has 1 rings (SSSR count). The van der Waals surface area contributed by atoms with E-state index >= 15 is 0 Å². The minimum absolute atomic E-state index is 0.0799. The average Bonchev–Trinajstić information content (AvgIpc) is 2.85. The molecule has 9 heteroatoms. The molecule has 1 unspecified atom stereocenters. The number of alkyl halides is 1. The first-order chi connectivity index (χ1) is 11.7. The second-order valence-corrected chi connectivity index (χ2v) is 6.85. The molecular formula is C16H25BrN2O6. The summed E-state index contributed by atoms with van der Waals surface area (Å²) in [7, 11) is 0. The normalized spacial score (nSPS) is 12.6. The number of carbonyl (C=O) groups is 2. The summed E-state index contributed by atoms with van der Waals surface area (Å²) in [6.07, 6.45) is 1.05. The molecule has 3 N–H and O–H groups in total. The molecule has 1 atom stereocenters. The van der Waals surface area contributed by atoms with Crippen molar-refractivity contribution in [1.82, 2.24) is 10.0 Å². The van der Waals surface area contributed by atoms with Crippen molar-refractivity contribution in [2.45, 2.75) is 39.2 Å². The van der Waals surface area contributed by atoms with Gasteiger partial charge in [-0.15, -0.1) is 4.73 Å². The van der Waals surface area contributed by atoms with E-state index in [-0.39, 0.29) is 23.0 Å². The van der Waals surface area contributed by atoms with Gasteiger partial charge in [-0.3, -0.25) is 4.79 Å². The minimum atomic E-state index is -0.590. The summed E-state index contributed by atoms with van der Waals surface area (Å²) in [5.41, 5.74) is -0.444. The predicted molar refractivity (Wildman–Crippen MR) is 94.6 cm³/mol. The van der Waals surface area contributed by atoms with Crippen molar-refractivity contribution >= 4 is 27.8 Å². The quantitative estimate of drug-likeness (QED) is 0.495. The summed E-state index contributed by atoms with van der Waals surface area (Å²) < 4.78 is 6.43. The second-order valence-electron chi connectivity index (χ2n) is 6.29. The lowest BCUT2D eigenvalue weighted by Gasteiger charge is -2.26. The third kappa shape index (κ3) is 7.35. The number of aromatic hydroxyl groups is 2. The van der Waals surface area contributed by atoms with Crippen molar-refractivity contribution in [3.63, 3.8) is 0 Å². The van der Waals surface area contributed by atoms with Crippen LogP contribution in [-0.2, 0) is 14.3 Å². The fraction of sp³-hybridized carbons (Fsp3) is 0.625. The molecule has 0 aliphatic heterocycles. The van der Waals surface area contributed by atoms with Crippen LogP contribution in [0.1, 0.15) is 33.6 Å². The standard InChI is InChI=1S/C16H25BrN2O6/c1-11(15(23)25-19-13(21)4-5-14(19)22)6-9-24-16(2,3)7-8-18-12(20)10-17/h4-5,11,21-22H,6-10H2,1-3H3,(H,18,20). The molecule has 0 aliphatic carbocycles. The van der Waals surface area contributed by atoms with Crippen molar-refractivity contribution in [1.29, 1.82) is 0 Å². The first-order valence-corrected chi connectivity index (χ1v) is 9.07. The molecule has 1 aromatic heterocycles. The SMILES string of the molecule is CC(CCOC(C)(C)CCNC(=O)CBr)C(=O)On1c(O)ccc1O. The van der Waals surface area contributed by atoms with Gasteiger partial charge in [-0.25, -0.2) is 4.79 Å². The van der Waals surface area contributed by atoms with Crippen LogP contribution in [0.15, 0.2) is 12.1 Å². The van der Waals surface area contributed by atoms with E-state index in [4.69, 9.17) is 9.57 Å². The second kappa shape index (κ2) is 9.67. The Hall–Kier alpha value is -1.74. The van der Waals surface area contributed by atoms with Crippen LogP contribution in [0.3, 0.4) is 0 Å². The van der Waals surface area contributed by atoms with Crippen LogP contribution in [0.4, 0.5) is 0 Å². The van der Waals surface area contributed by atoms with Gasteiger partial charge in [0.25, 0.3) is 0 Å².